The second-order valence-electron chi connectivity index (χ2n) is 7.22. The van der Waals surface area contributed by atoms with Crippen LogP contribution >= 0.6 is 0 Å². The molecular formula is C20H26N4. The topological polar surface area (TPSA) is 41.1 Å². The van der Waals surface area contributed by atoms with Crippen LogP contribution in [0.1, 0.15) is 61.9 Å². The Balaban J connectivity index is 1.68. The van der Waals surface area contributed by atoms with Gasteiger partial charge in [-0.2, -0.15) is 4.98 Å². The lowest BCUT2D eigenvalue weighted by atomic mass is 9.75. The molecule has 1 saturated heterocycles. The number of aryl methyl sites for hydroxylation is 1. The van der Waals surface area contributed by atoms with Gasteiger partial charge in [0.05, 0.1) is 6.04 Å². The molecule has 2 bridgehead atoms. The average molecular weight is 322 g/mol. The maximum absolute atomic E-state index is 4.84. The minimum absolute atomic E-state index is 0.387. The molecule has 1 N–H and O–H groups in total. The summed E-state index contributed by atoms with van der Waals surface area (Å²) in [5, 5.41) is 3.43. The number of benzene rings is 1. The van der Waals surface area contributed by atoms with Crippen molar-refractivity contribution in [1.29, 1.82) is 0 Å². The number of rotatable bonds is 4. The summed E-state index contributed by atoms with van der Waals surface area (Å²) >= 11 is 0. The third-order valence-corrected chi connectivity index (χ3v) is 5.50. The second-order valence-corrected chi connectivity index (χ2v) is 7.22. The van der Waals surface area contributed by atoms with Crippen LogP contribution in [0, 0.1) is 6.92 Å². The summed E-state index contributed by atoms with van der Waals surface area (Å²) in [4.78, 5) is 11.9. The van der Waals surface area contributed by atoms with Crippen LogP contribution in [-0.2, 0) is 0 Å². The van der Waals surface area contributed by atoms with Crippen LogP contribution < -0.4 is 10.2 Å². The third-order valence-electron chi connectivity index (χ3n) is 5.50. The van der Waals surface area contributed by atoms with Gasteiger partial charge in [0.1, 0.15) is 5.82 Å². The van der Waals surface area contributed by atoms with Gasteiger partial charge in [0.15, 0.2) is 0 Å². The minimum Gasteiger partial charge on any atom is -0.352 e. The van der Waals surface area contributed by atoms with E-state index in [-0.39, 0.29) is 0 Å². The van der Waals surface area contributed by atoms with E-state index in [0.717, 1.165) is 30.4 Å². The van der Waals surface area contributed by atoms with Crippen LogP contribution in [0.25, 0.3) is 0 Å². The van der Waals surface area contributed by atoms with Crippen molar-refractivity contribution >= 4 is 11.8 Å². The molecule has 1 aromatic heterocycles. The van der Waals surface area contributed by atoms with Gasteiger partial charge in [0.25, 0.3) is 0 Å². The molecule has 1 fully saturated rings. The third kappa shape index (κ3) is 2.64. The predicted octanol–water partition coefficient (Wildman–Crippen LogP) is 4.43. The first-order chi connectivity index (χ1) is 11.7. The number of nitrogens with one attached hydrogen (secondary N) is 1. The zero-order valence-corrected chi connectivity index (χ0v) is 14.8. The van der Waals surface area contributed by atoms with E-state index in [2.05, 4.69) is 66.3 Å². The highest BCUT2D eigenvalue weighted by molar-refractivity contribution is 5.53. The first-order valence-corrected chi connectivity index (χ1v) is 9.13. The summed E-state index contributed by atoms with van der Waals surface area (Å²) in [7, 11) is 0. The van der Waals surface area contributed by atoms with E-state index in [9.17, 15) is 0 Å². The lowest BCUT2D eigenvalue weighted by Crippen LogP contribution is -2.43. The van der Waals surface area contributed by atoms with Crippen molar-refractivity contribution in [3.05, 3.63) is 47.2 Å². The molecule has 4 nitrogen and oxygen atoms in total. The summed E-state index contributed by atoms with van der Waals surface area (Å²) in [6.45, 7) is 7.48. The fourth-order valence-corrected chi connectivity index (χ4v) is 4.07. The molecule has 0 spiro atoms. The van der Waals surface area contributed by atoms with Crippen LogP contribution in [0.2, 0.25) is 0 Å². The Labute approximate surface area is 144 Å². The van der Waals surface area contributed by atoms with Gasteiger partial charge in [0.2, 0.25) is 5.95 Å². The number of nitrogens with zero attached hydrogens (tertiary/aromatic N) is 3. The van der Waals surface area contributed by atoms with Gasteiger partial charge in [-0.05, 0) is 44.2 Å². The maximum atomic E-state index is 4.84. The van der Waals surface area contributed by atoms with Gasteiger partial charge in [0, 0.05) is 30.3 Å². The Bertz CT molecular complexity index is 742. The van der Waals surface area contributed by atoms with E-state index < -0.39 is 0 Å². The fraction of sp³-hybridized carbons (Fsp3) is 0.500. The molecular weight excluding hydrogens is 296 g/mol. The highest BCUT2D eigenvalue weighted by Gasteiger charge is 2.38. The Morgan fingerprint density at radius 3 is 2.79 bits per heavy atom. The molecule has 3 aliphatic rings. The summed E-state index contributed by atoms with van der Waals surface area (Å²) in [5.74, 6) is 2.46. The van der Waals surface area contributed by atoms with Gasteiger partial charge < -0.3 is 10.2 Å². The molecule has 0 radical (unpaired) electrons. The second kappa shape index (κ2) is 6.08. The summed E-state index contributed by atoms with van der Waals surface area (Å²) in [6, 6.07) is 11.9. The van der Waals surface area contributed by atoms with Crippen molar-refractivity contribution in [2.24, 2.45) is 0 Å². The first kappa shape index (κ1) is 15.4. The van der Waals surface area contributed by atoms with E-state index >= 15 is 0 Å². The van der Waals surface area contributed by atoms with Gasteiger partial charge in [-0.3, -0.25) is 0 Å². The summed E-state index contributed by atoms with van der Waals surface area (Å²) in [6.07, 6.45) is 3.58. The minimum atomic E-state index is 0.387. The van der Waals surface area contributed by atoms with Crippen LogP contribution in [0.4, 0.5) is 11.8 Å². The molecule has 4 heteroatoms. The Hall–Kier alpha value is -2.10. The summed E-state index contributed by atoms with van der Waals surface area (Å²) in [5.41, 5.74) is 4.07. The maximum Gasteiger partial charge on any atom is 0.225 e. The number of hydrogen-bond donors (Lipinski definition) is 1. The van der Waals surface area contributed by atoms with Crippen molar-refractivity contribution in [2.75, 3.05) is 16.8 Å². The van der Waals surface area contributed by atoms with Gasteiger partial charge in [-0.15, -0.1) is 0 Å². The zero-order chi connectivity index (χ0) is 16.7. The smallest absolute Gasteiger partial charge is 0.225 e. The largest absolute Gasteiger partial charge is 0.352 e. The monoisotopic (exact) mass is 322 g/mol. The molecule has 24 heavy (non-hydrogen) atoms. The molecule has 5 rings (SSSR count). The highest BCUT2D eigenvalue weighted by Crippen LogP contribution is 2.47. The van der Waals surface area contributed by atoms with Crippen molar-refractivity contribution < 1.29 is 0 Å². The molecule has 2 aliphatic heterocycles. The first-order valence-electron chi connectivity index (χ1n) is 9.13. The van der Waals surface area contributed by atoms with Crippen molar-refractivity contribution in [1.82, 2.24) is 9.97 Å². The van der Waals surface area contributed by atoms with Crippen LogP contribution in [-0.4, -0.2) is 22.6 Å². The predicted molar refractivity (Wildman–Crippen MR) is 98.6 cm³/mol. The SMILES string of the molecule is CC[C@H](C)Nc1nc(C)cc(N2C[C@H]3CC[C@H]2c2ccccc23)n1. The molecule has 0 unspecified atom stereocenters. The van der Waals surface area contributed by atoms with E-state index in [1.807, 2.05) is 0 Å². The lowest BCUT2D eigenvalue weighted by Gasteiger charge is -2.47. The molecule has 3 heterocycles. The lowest BCUT2D eigenvalue weighted by molar-refractivity contribution is 0.387. The number of aromatic nitrogens is 2. The Morgan fingerprint density at radius 2 is 2.00 bits per heavy atom. The number of anilines is 2. The van der Waals surface area contributed by atoms with Crippen LogP contribution in [0.3, 0.4) is 0 Å². The molecule has 2 aromatic rings. The fourth-order valence-electron chi connectivity index (χ4n) is 4.07. The number of piperidine rings is 1. The quantitative estimate of drug-likeness (QED) is 0.904. The molecule has 0 amide bonds. The Morgan fingerprint density at radius 1 is 1.21 bits per heavy atom. The van der Waals surface area contributed by atoms with Gasteiger partial charge in [-0.1, -0.05) is 31.2 Å². The van der Waals surface area contributed by atoms with E-state index in [1.165, 1.54) is 18.4 Å². The van der Waals surface area contributed by atoms with Gasteiger partial charge >= 0.3 is 0 Å². The molecule has 3 atom stereocenters. The molecule has 126 valence electrons. The normalized spacial score (nSPS) is 23.0. The number of fused-ring (bicyclic) bond motifs is 2. The van der Waals surface area contributed by atoms with Crippen LogP contribution in [0.5, 0.6) is 0 Å². The molecule has 1 aromatic carbocycles. The van der Waals surface area contributed by atoms with E-state index in [1.54, 1.807) is 5.56 Å². The van der Waals surface area contributed by atoms with Crippen molar-refractivity contribution in [3.63, 3.8) is 0 Å². The Kier molecular flexibility index (Phi) is 3.91. The highest BCUT2D eigenvalue weighted by atomic mass is 15.3. The van der Waals surface area contributed by atoms with E-state index in [4.69, 9.17) is 4.98 Å². The average Bonchev–Trinajstić information content (AvgIpc) is 2.61. The van der Waals surface area contributed by atoms with Crippen LogP contribution in [0.15, 0.2) is 30.3 Å². The summed E-state index contributed by atoms with van der Waals surface area (Å²) < 4.78 is 0. The van der Waals surface area contributed by atoms with Crippen molar-refractivity contribution in [2.45, 2.75) is 58.0 Å². The van der Waals surface area contributed by atoms with E-state index in [0.29, 0.717) is 18.0 Å². The van der Waals surface area contributed by atoms with Crippen molar-refractivity contribution in [3.8, 4) is 0 Å². The molecule has 1 aliphatic carbocycles. The standard InChI is InChI=1S/C20H26N4/c1-4-13(2)21-20-22-14(3)11-19(23-20)24-12-15-9-10-18(24)17-8-6-5-7-16(15)17/h5-8,11,13,15,18H,4,9-10,12H2,1-3H3,(H,21,22,23)/t13-,15+,18-/m0/s1. The zero-order valence-electron chi connectivity index (χ0n) is 14.8. The number of hydrogen-bond acceptors (Lipinski definition) is 4. The molecule has 0 saturated carbocycles. The van der Waals surface area contributed by atoms with Gasteiger partial charge in [-0.25, -0.2) is 4.98 Å².